The maximum atomic E-state index is 12.4. The lowest BCUT2D eigenvalue weighted by atomic mass is 9.90. The van der Waals surface area contributed by atoms with Crippen molar-refractivity contribution in [3.63, 3.8) is 0 Å². The zero-order chi connectivity index (χ0) is 18.5. The maximum absolute atomic E-state index is 12.4. The van der Waals surface area contributed by atoms with Gasteiger partial charge < -0.3 is 16.0 Å². The fourth-order valence-corrected chi connectivity index (χ4v) is 2.90. The van der Waals surface area contributed by atoms with E-state index in [2.05, 4.69) is 22.5 Å². The van der Waals surface area contributed by atoms with Gasteiger partial charge in [0, 0.05) is 35.8 Å². The number of fused-ring (bicyclic) bond motifs is 1. The predicted molar refractivity (Wildman–Crippen MR) is 100 cm³/mol. The van der Waals surface area contributed by atoms with E-state index in [-0.39, 0.29) is 23.6 Å². The molecule has 132 valence electrons. The Bertz CT molecular complexity index is 859. The third-order valence-electron chi connectivity index (χ3n) is 4.22. The van der Waals surface area contributed by atoms with Crippen molar-refractivity contribution in [3.05, 3.63) is 72.3 Å². The van der Waals surface area contributed by atoms with Crippen LogP contribution in [0.2, 0.25) is 0 Å². The van der Waals surface area contributed by atoms with Crippen molar-refractivity contribution in [2.75, 3.05) is 17.2 Å². The van der Waals surface area contributed by atoms with Crippen molar-refractivity contribution in [3.8, 4) is 0 Å². The Balaban J connectivity index is 1.63. The van der Waals surface area contributed by atoms with Gasteiger partial charge in [0.2, 0.25) is 11.8 Å². The van der Waals surface area contributed by atoms with Crippen LogP contribution in [0.5, 0.6) is 0 Å². The molecule has 0 aromatic heterocycles. The molecule has 0 aliphatic carbocycles. The molecule has 0 spiro atoms. The van der Waals surface area contributed by atoms with Crippen molar-refractivity contribution in [2.45, 2.75) is 12.3 Å². The molecule has 26 heavy (non-hydrogen) atoms. The Labute approximate surface area is 151 Å². The van der Waals surface area contributed by atoms with Crippen molar-refractivity contribution >= 4 is 29.1 Å². The number of para-hydroxylation sites is 1. The fraction of sp³-hybridized carbons (Fsp3) is 0.150. The Morgan fingerprint density at radius 3 is 2.62 bits per heavy atom. The molecule has 3 rings (SSSR count). The van der Waals surface area contributed by atoms with Crippen LogP contribution in [0, 0.1) is 0 Å². The summed E-state index contributed by atoms with van der Waals surface area (Å²) < 4.78 is 0. The van der Waals surface area contributed by atoms with Gasteiger partial charge >= 0.3 is 0 Å². The molecule has 0 saturated heterocycles. The van der Waals surface area contributed by atoms with E-state index in [9.17, 15) is 14.4 Å². The molecular weight excluding hydrogens is 330 g/mol. The first-order valence-electron chi connectivity index (χ1n) is 8.27. The largest absolute Gasteiger partial charge is 0.351 e. The smallest absolute Gasteiger partial charge is 0.251 e. The molecule has 6 heteroatoms. The minimum Gasteiger partial charge on any atom is -0.351 e. The van der Waals surface area contributed by atoms with Crippen molar-refractivity contribution in [1.82, 2.24) is 5.32 Å². The van der Waals surface area contributed by atoms with E-state index in [0.717, 1.165) is 11.3 Å². The lowest BCUT2D eigenvalue weighted by Gasteiger charge is -2.25. The Hall–Kier alpha value is -3.41. The van der Waals surface area contributed by atoms with E-state index < -0.39 is 0 Å². The zero-order valence-electron chi connectivity index (χ0n) is 14.1. The van der Waals surface area contributed by atoms with Gasteiger partial charge in [-0.1, -0.05) is 24.8 Å². The number of carbonyl (C=O) groups is 3. The van der Waals surface area contributed by atoms with Gasteiger partial charge in [-0.05, 0) is 42.0 Å². The van der Waals surface area contributed by atoms with E-state index in [4.69, 9.17) is 0 Å². The van der Waals surface area contributed by atoms with Gasteiger partial charge in [0.15, 0.2) is 0 Å². The van der Waals surface area contributed by atoms with Crippen LogP contribution in [0.4, 0.5) is 11.4 Å². The highest BCUT2D eigenvalue weighted by Gasteiger charge is 2.25. The predicted octanol–water partition coefficient (Wildman–Crippen LogP) is 2.67. The molecule has 3 amide bonds. The molecule has 1 unspecified atom stereocenters. The minimum atomic E-state index is -0.309. The van der Waals surface area contributed by atoms with Crippen LogP contribution in [0.15, 0.2) is 61.2 Å². The van der Waals surface area contributed by atoms with Gasteiger partial charge in [-0.2, -0.15) is 0 Å². The van der Waals surface area contributed by atoms with Crippen LogP contribution in [0.1, 0.15) is 28.3 Å². The first-order valence-corrected chi connectivity index (χ1v) is 8.27. The minimum absolute atomic E-state index is 0.0507. The Morgan fingerprint density at radius 1 is 1.15 bits per heavy atom. The molecule has 0 radical (unpaired) electrons. The van der Waals surface area contributed by atoms with Gasteiger partial charge in [0.1, 0.15) is 0 Å². The Morgan fingerprint density at radius 2 is 1.88 bits per heavy atom. The van der Waals surface area contributed by atoms with Gasteiger partial charge in [0.05, 0.1) is 0 Å². The van der Waals surface area contributed by atoms with Gasteiger partial charge in [-0.3, -0.25) is 14.4 Å². The van der Waals surface area contributed by atoms with E-state index in [1.54, 1.807) is 24.3 Å². The molecular formula is C20H19N3O3. The molecule has 0 bridgehead atoms. The summed E-state index contributed by atoms with van der Waals surface area (Å²) in [5.41, 5.74) is 2.89. The molecule has 1 aliphatic rings. The van der Waals surface area contributed by atoms with Crippen LogP contribution in [0.3, 0.4) is 0 Å². The topological polar surface area (TPSA) is 87.3 Å². The summed E-state index contributed by atoms with van der Waals surface area (Å²) in [5.74, 6) is -0.646. The second kappa shape index (κ2) is 7.65. The lowest BCUT2D eigenvalue weighted by molar-refractivity contribution is -0.117. The van der Waals surface area contributed by atoms with Crippen LogP contribution in [0.25, 0.3) is 0 Å². The summed E-state index contributed by atoms with van der Waals surface area (Å²) in [6.45, 7) is 3.76. The number of hydrogen-bond acceptors (Lipinski definition) is 3. The highest BCUT2D eigenvalue weighted by molar-refractivity contribution is 6.00. The van der Waals surface area contributed by atoms with Crippen molar-refractivity contribution in [1.29, 1.82) is 0 Å². The normalized spacial score (nSPS) is 15.4. The third-order valence-corrected chi connectivity index (χ3v) is 4.22. The molecule has 2 aromatic carbocycles. The van der Waals surface area contributed by atoms with Gasteiger partial charge in [-0.25, -0.2) is 0 Å². The second-order valence-corrected chi connectivity index (χ2v) is 6.02. The second-order valence-electron chi connectivity index (χ2n) is 6.02. The van der Waals surface area contributed by atoms with Crippen LogP contribution >= 0.6 is 0 Å². The molecule has 0 saturated carbocycles. The molecule has 2 aromatic rings. The number of anilines is 2. The average Bonchev–Trinajstić information content (AvgIpc) is 2.66. The average molecular weight is 349 g/mol. The van der Waals surface area contributed by atoms with E-state index in [0.29, 0.717) is 24.2 Å². The maximum Gasteiger partial charge on any atom is 0.251 e. The number of nitrogens with one attached hydrogen (secondary N) is 3. The summed E-state index contributed by atoms with van der Waals surface area (Å²) in [4.78, 5) is 35.5. The number of hydrogen-bond donors (Lipinski definition) is 3. The van der Waals surface area contributed by atoms with E-state index >= 15 is 0 Å². The SMILES string of the molecule is C=CC(=O)Nc1ccc(C(=O)NCC2CC(=O)Nc3ccccc32)cc1. The van der Waals surface area contributed by atoms with Crippen LogP contribution in [-0.2, 0) is 9.59 Å². The van der Waals surface area contributed by atoms with E-state index in [1.807, 2.05) is 24.3 Å². The highest BCUT2D eigenvalue weighted by atomic mass is 16.2. The zero-order valence-corrected chi connectivity index (χ0v) is 14.1. The summed E-state index contributed by atoms with van der Waals surface area (Å²) in [5, 5.41) is 8.35. The summed E-state index contributed by atoms with van der Waals surface area (Å²) >= 11 is 0. The van der Waals surface area contributed by atoms with Gasteiger partial charge in [-0.15, -0.1) is 0 Å². The summed E-state index contributed by atoms with van der Waals surface area (Å²) in [6.07, 6.45) is 1.52. The highest BCUT2D eigenvalue weighted by Crippen LogP contribution is 2.31. The molecule has 1 atom stereocenters. The third kappa shape index (κ3) is 3.97. The standard InChI is InChI=1S/C20H19N3O3/c1-2-18(24)22-15-9-7-13(8-10-15)20(26)21-12-14-11-19(25)23-17-6-4-3-5-16(14)17/h2-10,14H,1,11-12H2,(H,21,26)(H,22,24)(H,23,25). The monoisotopic (exact) mass is 349 g/mol. The van der Waals surface area contributed by atoms with E-state index in [1.165, 1.54) is 6.08 Å². The number of rotatable bonds is 5. The summed E-state index contributed by atoms with van der Waals surface area (Å²) in [6, 6.07) is 14.2. The molecule has 1 heterocycles. The first-order chi connectivity index (χ1) is 12.6. The number of benzene rings is 2. The fourth-order valence-electron chi connectivity index (χ4n) is 2.90. The first kappa shape index (κ1) is 17.4. The van der Waals surface area contributed by atoms with Crippen molar-refractivity contribution < 1.29 is 14.4 Å². The number of carbonyl (C=O) groups excluding carboxylic acids is 3. The number of amides is 3. The molecule has 0 fully saturated rings. The molecule has 3 N–H and O–H groups in total. The molecule has 1 aliphatic heterocycles. The van der Waals surface area contributed by atoms with Crippen molar-refractivity contribution in [2.24, 2.45) is 0 Å². The molecule has 6 nitrogen and oxygen atoms in total. The Kier molecular flexibility index (Phi) is 5.12. The van der Waals surface area contributed by atoms with Crippen LogP contribution in [-0.4, -0.2) is 24.3 Å². The summed E-state index contributed by atoms with van der Waals surface area (Å²) in [7, 11) is 0. The van der Waals surface area contributed by atoms with Gasteiger partial charge in [0.25, 0.3) is 5.91 Å². The van der Waals surface area contributed by atoms with Crippen LogP contribution < -0.4 is 16.0 Å². The quantitative estimate of drug-likeness (QED) is 0.725. The lowest BCUT2D eigenvalue weighted by Crippen LogP contribution is -2.33.